The molecule has 6 nitrogen and oxygen atoms in total. The van der Waals surface area contributed by atoms with Gasteiger partial charge in [-0.1, -0.05) is 31.2 Å². The molecule has 0 saturated carbocycles. The summed E-state index contributed by atoms with van der Waals surface area (Å²) in [6, 6.07) is 16.0. The summed E-state index contributed by atoms with van der Waals surface area (Å²) < 4.78 is 57.5. The normalized spacial score (nSPS) is 11.4. The van der Waals surface area contributed by atoms with Gasteiger partial charge in [0.15, 0.2) is 6.61 Å². The molecule has 3 aromatic carbocycles. The molecule has 0 aliphatic heterocycles. The average Bonchev–Trinajstić information content (AvgIpc) is 2.83. The number of benzene rings is 3. The Bertz CT molecular complexity index is 1500. The molecular weight excluding hydrogens is 487 g/mol. The van der Waals surface area contributed by atoms with Crippen molar-refractivity contribution in [1.82, 2.24) is 0 Å². The second kappa shape index (κ2) is 10.4. The summed E-state index contributed by atoms with van der Waals surface area (Å²) in [4.78, 5) is 25.4. The van der Waals surface area contributed by atoms with Crippen molar-refractivity contribution in [3.05, 3.63) is 93.3 Å². The zero-order chi connectivity index (χ0) is 26.7. The second-order valence-corrected chi connectivity index (χ2v) is 8.52. The molecule has 0 fully saturated rings. The van der Waals surface area contributed by atoms with Crippen molar-refractivity contribution in [2.24, 2.45) is 0 Å². The van der Waals surface area contributed by atoms with E-state index in [0.717, 1.165) is 29.2 Å². The highest BCUT2D eigenvalue weighted by molar-refractivity contribution is 5.92. The van der Waals surface area contributed by atoms with E-state index in [1.54, 1.807) is 26.0 Å². The molecule has 1 heterocycles. The van der Waals surface area contributed by atoms with Crippen molar-refractivity contribution in [3.8, 4) is 17.2 Å². The maximum Gasteiger partial charge on any atom is 0.453 e. The molecule has 4 aromatic rings. The summed E-state index contributed by atoms with van der Waals surface area (Å²) in [7, 11) is 0. The van der Waals surface area contributed by atoms with Crippen LogP contribution in [0.15, 0.2) is 69.9 Å². The molecule has 192 valence electrons. The van der Waals surface area contributed by atoms with E-state index in [2.05, 4.69) is 5.32 Å². The number of carbonyl (C=O) groups excluding carboxylic acids is 1. The van der Waals surface area contributed by atoms with Crippen molar-refractivity contribution >= 4 is 22.6 Å². The minimum Gasteiger partial charge on any atom is -0.484 e. The van der Waals surface area contributed by atoms with Crippen LogP contribution in [0.4, 0.5) is 18.9 Å². The van der Waals surface area contributed by atoms with Crippen LogP contribution in [0, 0.1) is 13.8 Å². The standard InChI is InChI=1S/C28H24F3NO5/c1-4-18-7-5-6-8-22(18)32-24(33)15-35-19-9-10-21-23(14-19)37-27(28(29,30)31)26(25(21)34)36-20-12-16(2)11-17(3)13-20/h5-14H,4,15H2,1-3H3,(H,32,33). The molecule has 0 saturated heterocycles. The lowest BCUT2D eigenvalue weighted by Gasteiger charge is -2.14. The number of ether oxygens (including phenoxy) is 2. The number of halogens is 3. The van der Waals surface area contributed by atoms with E-state index in [4.69, 9.17) is 13.9 Å². The van der Waals surface area contributed by atoms with Crippen LogP contribution >= 0.6 is 0 Å². The molecule has 0 bridgehead atoms. The van der Waals surface area contributed by atoms with Gasteiger partial charge < -0.3 is 19.2 Å². The summed E-state index contributed by atoms with van der Waals surface area (Å²) in [5.74, 6) is -2.81. The van der Waals surface area contributed by atoms with E-state index >= 15 is 0 Å². The third-order valence-corrected chi connectivity index (χ3v) is 5.54. The highest BCUT2D eigenvalue weighted by Crippen LogP contribution is 2.39. The molecule has 1 N–H and O–H groups in total. The van der Waals surface area contributed by atoms with Crippen molar-refractivity contribution in [2.45, 2.75) is 33.4 Å². The Kier molecular flexibility index (Phi) is 7.24. The number of aryl methyl sites for hydroxylation is 3. The van der Waals surface area contributed by atoms with Crippen LogP contribution in [0.2, 0.25) is 0 Å². The van der Waals surface area contributed by atoms with Crippen LogP contribution in [0.3, 0.4) is 0 Å². The predicted octanol–water partition coefficient (Wildman–Crippen LogP) is 6.80. The number of alkyl halides is 3. The highest BCUT2D eigenvalue weighted by Gasteiger charge is 2.40. The smallest absolute Gasteiger partial charge is 0.453 e. The average molecular weight is 511 g/mol. The van der Waals surface area contributed by atoms with Crippen molar-refractivity contribution in [2.75, 3.05) is 11.9 Å². The zero-order valence-electron chi connectivity index (χ0n) is 20.4. The quantitative estimate of drug-likeness (QED) is 0.295. The van der Waals surface area contributed by atoms with Gasteiger partial charge in [0, 0.05) is 11.8 Å². The number of para-hydroxylation sites is 1. The topological polar surface area (TPSA) is 77.8 Å². The monoisotopic (exact) mass is 511 g/mol. The number of anilines is 1. The molecule has 0 spiro atoms. The van der Waals surface area contributed by atoms with Gasteiger partial charge in [-0.05, 0) is 67.3 Å². The summed E-state index contributed by atoms with van der Waals surface area (Å²) in [5, 5.41) is 2.62. The molecule has 1 amide bonds. The highest BCUT2D eigenvalue weighted by atomic mass is 19.4. The lowest BCUT2D eigenvalue weighted by molar-refractivity contribution is -0.154. The van der Waals surface area contributed by atoms with Crippen LogP contribution < -0.4 is 20.2 Å². The van der Waals surface area contributed by atoms with Gasteiger partial charge in [-0.3, -0.25) is 9.59 Å². The lowest BCUT2D eigenvalue weighted by atomic mass is 10.1. The van der Waals surface area contributed by atoms with Gasteiger partial charge in [0.2, 0.25) is 11.2 Å². The van der Waals surface area contributed by atoms with Crippen molar-refractivity contribution in [3.63, 3.8) is 0 Å². The molecule has 37 heavy (non-hydrogen) atoms. The Morgan fingerprint density at radius 2 is 1.68 bits per heavy atom. The molecule has 1 aromatic heterocycles. The van der Waals surface area contributed by atoms with Gasteiger partial charge in [0.25, 0.3) is 11.7 Å². The van der Waals surface area contributed by atoms with Crippen LogP contribution in [-0.4, -0.2) is 12.5 Å². The maximum absolute atomic E-state index is 13.8. The van der Waals surface area contributed by atoms with Gasteiger partial charge in [-0.2, -0.15) is 13.2 Å². The van der Waals surface area contributed by atoms with E-state index < -0.39 is 35.6 Å². The first kappa shape index (κ1) is 25.8. The van der Waals surface area contributed by atoms with E-state index in [9.17, 15) is 22.8 Å². The van der Waals surface area contributed by atoms with Crippen LogP contribution in [0.5, 0.6) is 17.2 Å². The first-order chi connectivity index (χ1) is 17.5. The number of hydrogen-bond acceptors (Lipinski definition) is 5. The second-order valence-electron chi connectivity index (χ2n) is 8.52. The summed E-state index contributed by atoms with van der Waals surface area (Å²) in [6.07, 6.45) is -4.28. The first-order valence-corrected chi connectivity index (χ1v) is 11.5. The van der Waals surface area contributed by atoms with Gasteiger partial charge >= 0.3 is 6.18 Å². The molecule has 0 unspecified atom stereocenters. The minimum absolute atomic E-state index is 0.0608. The molecule has 0 aliphatic rings. The van der Waals surface area contributed by atoms with Gasteiger partial charge in [0.05, 0.1) is 5.39 Å². The summed E-state index contributed by atoms with van der Waals surface area (Å²) in [6.45, 7) is 5.08. The minimum atomic E-state index is -5.00. The van der Waals surface area contributed by atoms with Gasteiger partial charge in [-0.15, -0.1) is 0 Å². The zero-order valence-corrected chi connectivity index (χ0v) is 20.4. The van der Waals surface area contributed by atoms with Crippen LogP contribution in [-0.2, 0) is 17.4 Å². The van der Waals surface area contributed by atoms with Crippen LogP contribution in [0.1, 0.15) is 29.4 Å². The number of amides is 1. The maximum atomic E-state index is 13.8. The molecular formula is C28H24F3NO5. The third-order valence-electron chi connectivity index (χ3n) is 5.54. The Hall–Kier alpha value is -4.27. The van der Waals surface area contributed by atoms with Crippen LogP contribution in [0.25, 0.3) is 11.0 Å². The fourth-order valence-corrected chi connectivity index (χ4v) is 3.92. The Morgan fingerprint density at radius 1 is 0.973 bits per heavy atom. The van der Waals surface area contributed by atoms with E-state index in [0.29, 0.717) is 5.69 Å². The third kappa shape index (κ3) is 5.94. The van der Waals surface area contributed by atoms with E-state index in [1.807, 2.05) is 25.1 Å². The Balaban J connectivity index is 1.61. The van der Waals surface area contributed by atoms with Crippen molar-refractivity contribution < 1.29 is 31.9 Å². The predicted molar refractivity (Wildman–Crippen MR) is 133 cm³/mol. The lowest BCUT2D eigenvalue weighted by Crippen LogP contribution is -2.21. The number of rotatable bonds is 7. The summed E-state index contributed by atoms with van der Waals surface area (Å²) in [5.41, 5.74) is 1.79. The van der Waals surface area contributed by atoms with Gasteiger partial charge in [-0.25, -0.2) is 0 Å². The molecule has 0 radical (unpaired) electrons. The fourth-order valence-electron chi connectivity index (χ4n) is 3.92. The van der Waals surface area contributed by atoms with Crippen molar-refractivity contribution in [1.29, 1.82) is 0 Å². The van der Waals surface area contributed by atoms with E-state index in [1.165, 1.54) is 24.3 Å². The fraction of sp³-hybridized carbons (Fsp3) is 0.214. The first-order valence-electron chi connectivity index (χ1n) is 11.5. The molecule has 4 rings (SSSR count). The number of nitrogens with one attached hydrogen (secondary N) is 1. The summed E-state index contributed by atoms with van der Waals surface area (Å²) >= 11 is 0. The molecule has 0 aliphatic carbocycles. The molecule has 0 atom stereocenters. The Labute approximate surface area is 210 Å². The Morgan fingerprint density at radius 3 is 2.35 bits per heavy atom. The number of carbonyl (C=O) groups is 1. The largest absolute Gasteiger partial charge is 0.484 e. The SMILES string of the molecule is CCc1ccccc1NC(=O)COc1ccc2c(=O)c(Oc3cc(C)cc(C)c3)c(C(F)(F)F)oc2c1. The van der Waals surface area contributed by atoms with E-state index in [-0.39, 0.29) is 22.5 Å². The number of fused-ring (bicyclic) bond motifs is 1. The van der Waals surface area contributed by atoms with Gasteiger partial charge in [0.1, 0.15) is 17.1 Å². The molecule has 9 heteroatoms. The number of hydrogen-bond donors (Lipinski definition) is 1.